The average Bonchev–Trinajstić information content (AvgIpc) is 3.39. The standard InChI is InChI=1S/C19H19N5OS.ClH/c25-18(17-14-9-20-7-6-15(14)23-24-17)22-19-21-16(10-26-19)13-5-4-11-2-1-3-12(11)8-13;/h4-5,8,10,20H,1-3,6-7,9H2,(H,23,24)(H,21,22,25);1H. The number of carbonyl (C=O) groups is 1. The molecule has 3 heterocycles. The first-order valence-electron chi connectivity index (χ1n) is 8.94. The van der Waals surface area contributed by atoms with Crippen LogP contribution in [0.3, 0.4) is 0 Å². The van der Waals surface area contributed by atoms with Crippen molar-refractivity contribution in [3.63, 3.8) is 0 Å². The van der Waals surface area contributed by atoms with Crippen molar-refractivity contribution < 1.29 is 4.79 Å². The topological polar surface area (TPSA) is 82.7 Å². The van der Waals surface area contributed by atoms with Gasteiger partial charge in [-0.3, -0.25) is 15.2 Å². The molecule has 8 heteroatoms. The molecule has 1 aromatic carbocycles. The van der Waals surface area contributed by atoms with Crippen LogP contribution in [0.1, 0.15) is 39.3 Å². The molecular weight excluding hydrogens is 382 g/mol. The van der Waals surface area contributed by atoms with Crippen molar-refractivity contribution in [1.82, 2.24) is 20.5 Å². The lowest BCUT2D eigenvalue weighted by atomic mass is 10.1. The fraction of sp³-hybridized carbons (Fsp3) is 0.316. The van der Waals surface area contributed by atoms with E-state index in [0.717, 1.165) is 41.9 Å². The van der Waals surface area contributed by atoms with Gasteiger partial charge in [-0.2, -0.15) is 5.10 Å². The van der Waals surface area contributed by atoms with Gasteiger partial charge in [-0.25, -0.2) is 4.98 Å². The summed E-state index contributed by atoms with van der Waals surface area (Å²) in [6.45, 7) is 1.58. The second-order valence-electron chi connectivity index (χ2n) is 6.79. The normalized spacial score (nSPS) is 15.0. The monoisotopic (exact) mass is 401 g/mol. The van der Waals surface area contributed by atoms with Crippen LogP contribution in [0.25, 0.3) is 11.3 Å². The molecule has 0 unspecified atom stereocenters. The first-order valence-corrected chi connectivity index (χ1v) is 9.82. The Morgan fingerprint density at radius 1 is 1.19 bits per heavy atom. The SMILES string of the molecule is Cl.O=C(Nc1nc(-c2ccc3c(c2)CCC3)cs1)c1n[nH]c2c1CNCC2. The number of halogens is 1. The Labute approximate surface area is 167 Å². The molecule has 0 bridgehead atoms. The second-order valence-corrected chi connectivity index (χ2v) is 7.64. The zero-order valence-electron chi connectivity index (χ0n) is 14.7. The van der Waals surface area contributed by atoms with Crippen molar-refractivity contribution in [3.8, 4) is 11.3 Å². The van der Waals surface area contributed by atoms with E-state index in [1.807, 2.05) is 5.38 Å². The second kappa shape index (κ2) is 7.42. The van der Waals surface area contributed by atoms with E-state index >= 15 is 0 Å². The van der Waals surface area contributed by atoms with Gasteiger partial charge in [-0.15, -0.1) is 23.7 Å². The maximum Gasteiger partial charge on any atom is 0.278 e. The smallest absolute Gasteiger partial charge is 0.278 e. The fourth-order valence-corrected chi connectivity index (χ4v) is 4.48. The predicted octanol–water partition coefficient (Wildman–Crippen LogP) is 3.34. The van der Waals surface area contributed by atoms with Gasteiger partial charge in [0.1, 0.15) is 0 Å². The maximum absolute atomic E-state index is 12.6. The number of hydrogen-bond acceptors (Lipinski definition) is 5. The van der Waals surface area contributed by atoms with E-state index in [0.29, 0.717) is 17.4 Å². The van der Waals surface area contributed by atoms with Crippen LogP contribution in [0.15, 0.2) is 23.6 Å². The van der Waals surface area contributed by atoms with Gasteiger partial charge in [0.2, 0.25) is 0 Å². The molecule has 0 fully saturated rings. The Balaban J connectivity index is 0.00000180. The molecule has 1 aliphatic carbocycles. The van der Waals surface area contributed by atoms with E-state index in [-0.39, 0.29) is 18.3 Å². The van der Waals surface area contributed by atoms with Crippen molar-refractivity contribution in [2.45, 2.75) is 32.2 Å². The summed E-state index contributed by atoms with van der Waals surface area (Å²) < 4.78 is 0. The van der Waals surface area contributed by atoms with Crippen LogP contribution in [0.4, 0.5) is 5.13 Å². The summed E-state index contributed by atoms with van der Waals surface area (Å²) in [7, 11) is 0. The first-order chi connectivity index (χ1) is 12.8. The zero-order valence-corrected chi connectivity index (χ0v) is 16.3. The molecule has 0 atom stereocenters. The zero-order chi connectivity index (χ0) is 17.5. The van der Waals surface area contributed by atoms with Crippen LogP contribution in [0, 0.1) is 0 Å². The molecule has 2 aliphatic rings. The summed E-state index contributed by atoms with van der Waals surface area (Å²) in [5.41, 5.74) is 7.37. The third kappa shape index (κ3) is 3.38. The van der Waals surface area contributed by atoms with Crippen molar-refractivity contribution in [2.24, 2.45) is 0 Å². The number of rotatable bonds is 3. The number of hydrogen-bond donors (Lipinski definition) is 3. The summed E-state index contributed by atoms with van der Waals surface area (Å²) >= 11 is 1.44. The number of nitrogens with one attached hydrogen (secondary N) is 3. The highest BCUT2D eigenvalue weighted by atomic mass is 35.5. The Morgan fingerprint density at radius 3 is 3.00 bits per heavy atom. The van der Waals surface area contributed by atoms with Gasteiger partial charge < -0.3 is 5.32 Å². The Bertz CT molecular complexity index is 996. The summed E-state index contributed by atoms with van der Waals surface area (Å²) in [4.78, 5) is 17.2. The van der Waals surface area contributed by atoms with E-state index < -0.39 is 0 Å². The lowest BCUT2D eigenvalue weighted by Gasteiger charge is -2.12. The van der Waals surface area contributed by atoms with Gasteiger partial charge in [-0.05, 0) is 36.5 Å². The molecule has 140 valence electrons. The van der Waals surface area contributed by atoms with Gasteiger partial charge in [0.25, 0.3) is 5.91 Å². The fourth-order valence-electron chi connectivity index (χ4n) is 3.76. The third-order valence-corrected chi connectivity index (χ3v) is 5.90. The molecule has 1 aliphatic heterocycles. The molecule has 27 heavy (non-hydrogen) atoms. The van der Waals surface area contributed by atoms with Crippen molar-refractivity contribution in [2.75, 3.05) is 11.9 Å². The number of anilines is 1. The van der Waals surface area contributed by atoms with Crippen molar-refractivity contribution in [1.29, 1.82) is 0 Å². The van der Waals surface area contributed by atoms with E-state index in [4.69, 9.17) is 0 Å². The van der Waals surface area contributed by atoms with E-state index in [1.54, 1.807) is 0 Å². The maximum atomic E-state index is 12.6. The predicted molar refractivity (Wildman–Crippen MR) is 109 cm³/mol. The van der Waals surface area contributed by atoms with E-state index in [1.165, 1.54) is 35.3 Å². The van der Waals surface area contributed by atoms with Crippen LogP contribution in [0.2, 0.25) is 0 Å². The van der Waals surface area contributed by atoms with Crippen LogP contribution in [-0.2, 0) is 25.8 Å². The number of carbonyl (C=O) groups excluding carboxylic acids is 1. The molecule has 2 aromatic heterocycles. The molecule has 1 amide bonds. The highest BCUT2D eigenvalue weighted by molar-refractivity contribution is 7.14. The number of aromatic nitrogens is 3. The van der Waals surface area contributed by atoms with E-state index in [2.05, 4.69) is 44.0 Å². The summed E-state index contributed by atoms with van der Waals surface area (Å²) in [5, 5.41) is 15.9. The van der Waals surface area contributed by atoms with Crippen LogP contribution in [-0.4, -0.2) is 27.6 Å². The summed E-state index contributed by atoms with van der Waals surface area (Å²) in [6, 6.07) is 6.57. The molecular formula is C19H20ClN5OS. The van der Waals surface area contributed by atoms with Gasteiger partial charge in [0.15, 0.2) is 10.8 Å². The molecule has 0 radical (unpaired) electrons. The quantitative estimate of drug-likeness (QED) is 0.628. The molecule has 5 rings (SSSR count). The minimum Gasteiger partial charge on any atom is -0.312 e. The van der Waals surface area contributed by atoms with E-state index in [9.17, 15) is 4.79 Å². The molecule has 6 nitrogen and oxygen atoms in total. The molecule has 0 saturated carbocycles. The molecule has 3 aromatic rings. The van der Waals surface area contributed by atoms with Gasteiger partial charge >= 0.3 is 0 Å². The highest BCUT2D eigenvalue weighted by Gasteiger charge is 2.22. The molecule has 3 N–H and O–H groups in total. The number of fused-ring (bicyclic) bond motifs is 2. The number of nitrogens with zero attached hydrogens (tertiary/aromatic N) is 2. The first kappa shape index (κ1) is 18.2. The van der Waals surface area contributed by atoms with Crippen molar-refractivity contribution >= 4 is 34.8 Å². The van der Waals surface area contributed by atoms with Gasteiger partial charge in [0, 0.05) is 41.7 Å². The Hall–Kier alpha value is -2.22. The Morgan fingerprint density at radius 2 is 2.07 bits per heavy atom. The number of thiazole rings is 1. The summed E-state index contributed by atoms with van der Waals surface area (Å²) in [6.07, 6.45) is 4.43. The molecule has 0 spiro atoms. The lowest BCUT2D eigenvalue weighted by molar-refractivity contribution is 0.102. The largest absolute Gasteiger partial charge is 0.312 e. The average molecular weight is 402 g/mol. The van der Waals surface area contributed by atoms with Crippen LogP contribution in [0.5, 0.6) is 0 Å². The third-order valence-electron chi connectivity index (χ3n) is 5.14. The lowest BCUT2D eigenvalue weighted by Crippen LogP contribution is -2.25. The molecule has 0 saturated heterocycles. The van der Waals surface area contributed by atoms with Crippen LogP contribution < -0.4 is 10.6 Å². The minimum absolute atomic E-state index is 0. The number of aryl methyl sites for hydroxylation is 2. The van der Waals surface area contributed by atoms with Crippen LogP contribution >= 0.6 is 23.7 Å². The van der Waals surface area contributed by atoms with Gasteiger partial charge in [-0.1, -0.05) is 12.1 Å². The summed E-state index contributed by atoms with van der Waals surface area (Å²) in [5.74, 6) is -0.207. The number of aromatic amines is 1. The number of benzene rings is 1. The Kier molecular flexibility index (Phi) is 4.99. The number of amides is 1. The van der Waals surface area contributed by atoms with Crippen molar-refractivity contribution in [3.05, 3.63) is 51.7 Å². The number of H-pyrrole nitrogens is 1. The van der Waals surface area contributed by atoms with Gasteiger partial charge in [0.05, 0.1) is 5.69 Å². The minimum atomic E-state index is -0.207. The highest BCUT2D eigenvalue weighted by Crippen LogP contribution is 2.30.